The third-order valence-corrected chi connectivity index (χ3v) is 7.49. The van der Waals surface area contributed by atoms with Crippen LogP contribution in [0.5, 0.6) is 5.75 Å². The number of carbonyl (C=O) groups excluding carboxylic acids is 1. The summed E-state index contributed by atoms with van der Waals surface area (Å²) >= 11 is 13.0. The Bertz CT molecular complexity index is 1550. The van der Waals surface area contributed by atoms with Gasteiger partial charge in [0.2, 0.25) is 0 Å². The number of aromatic nitrogens is 1. The first-order chi connectivity index (χ1) is 19.8. The van der Waals surface area contributed by atoms with E-state index in [0.29, 0.717) is 60.1 Å². The van der Waals surface area contributed by atoms with Crippen molar-refractivity contribution in [3.63, 3.8) is 0 Å². The molecule has 41 heavy (non-hydrogen) atoms. The number of allylic oxidation sites excluding steroid dienone is 1. The van der Waals surface area contributed by atoms with Gasteiger partial charge in [0.05, 0.1) is 46.6 Å². The normalized spacial score (nSPS) is 15.5. The number of morpholine rings is 1. The molecule has 2 aliphatic heterocycles. The molecule has 1 fully saturated rings. The Balaban J connectivity index is 1.44. The van der Waals surface area contributed by atoms with E-state index < -0.39 is 11.9 Å². The molecule has 1 aromatic heterocycles. The van der Waals surface area contributed by atoms with Crippen molar-refractivity contribution in [3.8, 4) is 17.0 Å². The topological polar surface area (TPSA) is 131 Å². The number of hydrogen-bond acceptors (Lipinski definition) is 8. The van der Waals surface area contributed by atoms with Gasteiger partial charge in [-0.3, -0.25) is 14.8 Å². The van der Waals surface area contributed by atoms with Crippen LogP contribution in [0.2, 0.25) is 10.0 Å². The Kier molecular flexibility index (Phi) is 8.44. The number of carbonyl (C=O) groups is 2. The van der Waals surface area contributed by atoms with Crippen LogP contribution >= 0.6 is 23.2 Å². The van der Waals surface area contributed by atoms with E-state index in [2.05, 4.69) is 9.98 Å². The van der Waals surface area contributed by atoms with Crippen LogP contribution in [0.25, 0.3) is 16.8 Å². The number of aliphatic imine (C=N–C) groups is 1. The summed E-state index contributed by atoms with van der Waals surface area (Å²) in [5.74, 6) is -0.874. The van der Waals surface area contributed by atoms with Gasteiger partial charge in [0, 0.05) is 55.4 Å². The number of benzene rings is 2. The maximum Gasteiger partial charge on any atom is 0.337 e. The Labute approximate surface area is 246 Å². The second-order valence-corrected chi connectivity index (χ2v) is 10.2. The van der Waals surface area contributed by atoms with Crippen molar-refractivity contribution in [2.24, 2.45) is 10.7 Å². The third kappa shape index (κ3) is 5.72. The summed E-state index contributed by atoms with van der Waals surface area (Å²) in [5.41, 5.74) is 9.89. The van der Waals surface area contributed by atoms with Crippen LogP contribution in [-0.4, -0.2) is 73.2 Å². The summed E-state index contributed by atoms with van der Waals surface area (Å²) in [6.07, 6.45) is 4.59. The first kappa shape index (κ1) is 28.4. The number of nitrogens with zero attached hydrogens (tertiary/aromatic N) is 4. The maximum atomic E-state index is 13.5. The number of amides is 1. The fourth-order valence-electron chi connectivity index (χ4n) is 4.88. The average Bonchev–Trinajstić information content (AvgIpc) is 2.98. The largest absolute Gasteiger partial charge is 0.478 e. The van der Waals surface area contributed by atoms with Crippen molar-refractivity contribution in [3.05, 3.63) is 81.1 Å². The molecule has 3 aromatic rings. The van der Waals surface area contributed by atoms with Crippen LogP contribution in [0.1, 0.15) is 31.8 Å². The molecule has 2 aromatic carbocycles. The average molecular weight is 596 g/mol. The zero-order chi connectivity index (χ0) is 29.1. The highest BCUT2D eigenvalue weighted by Gasteiger charge is 2.29. The van der Waals surface area contributed by atoms with Gasteiger partial charge >= 0.3 is 5.97 Å². The molecular formula is C29H27Cl2N5O5. The Morgan fingerprint density at radius 3 is 2.51 bits per heavy atom. The molecule has 2 aliphatic rings. The highest BCUT2D eigenvalue weighted by atomic mass is 35.5. The number of fused-ring (bicyclic) bond motifs is 1. The number of pyridine rings is 1. The molecule has 0 radical (unpaired) electrons. The molecule has 5 rings (SSSR count). The SMILES string of the molecule is CN=CC(=CN)c1cc(Cl)c(C(=O)N2COc3c(ccnc3-c3ccc(C(=O)O)c(N4CCOCC4)c3)C2)c(Cl)c1. The minimum atomic E-state index is -1.01. The van der Waals surface area contributed by atoms with Crippen LogP contribution in [-0.2, 0) is 11.3 Å². The lowest BCUT2D eigenvalue weighted by Crippen LogP contribution is -2.38. The lowest BCUT2D eigenvalue weighted by atomic mass is 10.0. The van der Waals surface area contributed by atoms with E-state index in [4.69, 9.17) is 38.4 Å². The summed E-state index contributed by atoms with van der Waals surface area (Å²) in [4.78, 5) is 37.5. The fourth-order valence-corrected chi connectivity index (χ4v) is 5.53. The van der Waals surface area contributed by atoms with Gasteiger partial charge in [-0.1, -0.05) is 29.3 Å². The van der Waals surface area contributed by atoms with Crippen molar-refractivity contribution >= 4 is 52.6 Å². The second-order valence-electron chi connectivity index (χ2n) is 9.39. The number of aromatic carboxylic acids is 1. The van der Waals surface area contributed by atoms with Crippen molar-refractivity contribution in [2.45, 2.75) is 6.54 Å². The maximum absolute atomic E-state index is 13.5. The number of anilines is 1. The van der Waals surface area contributed by atoms with Crippen LogP contribution in [0, 0.1) is 0 Å². The molecule has 1 amide bonds. The van der Waals surface area contributed by atoms with Crippen molar-refractivity contribution in [2.75, 3.05) is 45.0 Å². The molecule has 0 saturated carbocycles. The summed E-state index contributed by atoms with van der Waals surface area (Å²) < 4.78 is 11.5. The molecule has 0 bridgehead atoms. The Hall–Kier alpha value is -4.12. The summed E-state index contributed by atoms with van der Waals surface area (Å²) in [7, 11) is 1.62. The van der Waals surface area contributed by atoms with Gasteiger partial charge in [-0.2, -0.15) is 0 Å². The van der Waals surface area contributed by atoms with Crippen molar-refractivity contribution < 1.29 is 24.2 Å². The number of nitrogens with two attached hydrogens (primary N) is 1. The van der Waals surface area contributed by atoms with Gasteiger partial charge in [0.15, 0.2) is 12.5 Å². The van der Waals surface area contributed by atoms with Gasteiger partial charge in [0.1, 0.15) is 5.69 Å². The van der Waals surface area contributed by atoms with Gasteiger partial charge in [-0.25, -0.2) is 4.79 Å². The predicted molar refractivity (Wildman–Crippen MR) is 158 cm³/mol. The van der Waals surface area contributed by atoms with E-state index in [1.54, 1.807) is 49.8 Å². The molecule has 0 atom stereocenters. The van der Waals surface area contributed by atoms with E-state index in [1.165, 1.54) is 11.1 Å². The smallest absolute Gasteiger partial charge is 0.337 e. The molecule has 3 heterocycles. The third-order valence-electron chi connectivity index (χ3n) is 6.89. The van der Waals surface area contributed by atoms with Gasteiger partial charge in [-0.05, 0) is 35.9 Å². The molecule has 1 saturated heterocycles. The quantitative estimate of drug-likeness (QED) is 0.396. The Morgan fingerprint density at radius 2 is 1.85 bits per heavy atom. The van der Waals surface area contributed by atoms with Crippen molar-refractivity contribution in [1.29, 1.82) is 0 Å². The molecule has 0 unspecified atom stereocenters. The van der Waals surface area contributed by atoms with E-state index >= 15 is 0 Å². The highest BCUT2D eigenvalue weighted by molar-refractivity contribution is 6.40. The van der Waals surface area contributed by atoms with Gasteiger partial charge in [-0.15, -0.1) is 0 Å². The molecule has 10 nitrogen and oxygen atoms in total. The Morgan fingerprint density at radius 1 is 1.12 bits per heavy atom. The summed E-state index contributed by atoms with van der Waals surface area (Å²) in [6.45, 7) is 2.38. The zero-order valence-corrected chi connectivity index (χ0v) is 23.7. The highest BCUT2D eigenvalue weighted by Crippen LogP contribution is 2.38. The van der Waals surface area contributed by atoms with Gasteiger partial charge < -0.3 is 30.1 Å². The van der Waals surface area contributed by atoms with Crippen LogP contribution < -0.4 is 15.4 Å². The minimum Gasteiger partial charge on any atom is -0.478 e. The zero-order valence-electron chi connectivity index (χ0n) is 22.1. The number of carboxylic acid groups (broad SMARTS) is 1. The molecule has 0 aliphatic carbocycles. The van der Waals surface area contributed by atoms with E-state index in [9.17, 15) is 14.7 Å². The summed E-state index contributed by atoms with van der Waals surface area (Å²) in [5, 5.41) is 10.1. The first-order valence-corrected chi connectivity index (χ1v) is 13.5. The predicted octanol–water partition coefficient (Wildman–Crippen LogP) is 4.58. The second kappa shape index (κ2) is 12.2. The number of ether oxygens (including phenoxy) is 2. The summed E-state index contributed by atoms with van der Waals surface area (Å²) in [6, 6.07) is 10.1. The van der Waals surface area contributed by atoms with Crippen molar-refractivity contribution in [1.82, 2.24) is 9.88 Å². The number of rotatable bonds is 6. The molecule has 12 heteroatoms. The monoisotopic (exact) mass is 595 g/mol. The number of halogens is 2. The van der Waals surface area contributed by atoms with Crippen LogP contribution in [0.4, 0.5) is 5.69 Å². The standard InChI is InChI=1S/C29H27Cl2N5O5/c1-33-14-20(13-32)19-10-22(30)25(23(31)11-19)28(37)36-15-18-4-5-34-26(27(18)41-16-36)17-2-3-21(29(38)39)24(12-17)35-6-8-40-9-7-35/h2-5,10-14H,6-9,15-16,32H2,1H3,(H,38,39). The molecule has 3 N–H and O–H groups in total. The van der Waals surface area contributed by atoms with E-state index in [-0.39, 0.29) is 34.4 Å². The lowest BCUT2D eigenvalue weighted by Gasteiger charge is -2.31. The van der Waals surface area contributed by atoms with E-state index in [0.717, 1.165) is 5.56 Å². The van der Waals surface area contributed by atoms with Crippen LogP contribution in [0.15, 0.2) is 53.8 Å². The van der Waals surface area contributed by atoms with E-state index in [1.807, 2.05) is 11.0 Å². The first-order valence-electron chi connectivity index (χ1n) is 12.8. The van der Waals surface area contributed by atoms with Gasteiger partial charge in [0.25, 0.3) is 5.91 Å². The van der Waals surface area contributed by atoms with Crippen LogP contribution in [0.3, 0.4) is 0 Å². The minimum absolute atomic E-state index is 0.0566. The number of hydrogen-bond donors (Lipinski definition) is 2. The lowest BCUT2D eigenvalue weighted by molar-refractivity contribution is 0.0515. The number of carboxylic acids is 1. The molecule has 0 spiro atoms. The molecular weight excluding hydrogens is 569 g/mol. The molecule has 212 valence electrons. The fraction of sp³-hybridized carbons (Fsp3) is 0.241.